The molecule has 0 fully saturated rings. The van der Waals surface area contributed by atoms with Crippen LogP contribution in [0.3, 0.4) is 0 Å². The zero-order valence-corrected chi connectivity index (χ0v) is 20.9. The molecule has 0 heterocycles. The van der Waals surface area contributed by atoms with Crippen LogP contribution in [-0.4, -0.2) is 10.3 Å². The van der Waals surface area contributed by atoms with Gasteiger partial charge in [-0.25, -0.2) is 0 Å². The van der Waals surface area contributed by atoms with Crippen molar-refractivity contribution in [2.45, 2.75) is 98.6 Å². The predicted octanol–water partition coefficient (Wildman–Crippen LogP) is 7.55. The first kappa shape index (κ1) is 23.1. The van der Waals surface area contributed by atoms with Gasteiger partial charge in [-0.1, -0.05) is 115 Å². The van der Waals surface area contributed by atoms with Gasteiger partial charge in [0.1, 0.15) is 0 Å². The van der Waals surface area contributed by atoms with Gasteiger partial charge in [-0.2, -0.15) is 0 Å². The van der Waals surface area contributed by atoms with Crippen LogP contribution >= 0.6 is 17.2 Å². The zero-order chi connectivity index (χ0) is 20.1. The highest BCUT2D eigenvalue weighted by atomic mass is 31.1. The van der Waals surface area contributed by atoms with Gasteiger partial charge >= 0.3 is 0 Å². The summed E-state index contributed by atoms with van der Waals surface area (Å²) in [7, 11) is 2.96. The van der Waals surface area contributed by atoms with Gasteiger partial charge in [0.25, 0.3) is 0 Å². The lowest BCUT2D eigenvalue weighted by atomic mass is 9.62. The molecular formula is C23H42P2. The van der Waals surface area contributed by atoms with Gasteiger partial charge in [0.15, 0.2) is 0 Å². The van der Waals surface area contributed by atoms with E-state index in [2.05, 4.69) is 117 Å². The van der Waals surface area contributed by atoms with Crippen molar-refractivity contribution in [1.82, 2.24) is 0 Å². The Hall–Kier alpha value is 0.0800. The Morgan fingerprint density at radius 3 is 1.32 bits per heavy atom. The van der Waals surface area contributed by atoms with Crippen LogP contribution < -0.4 is 5.30 Å². The summed E-state index contributed by atoms with van der Waals surface area (Å²) in [5.74, 6) is 0. The monoisotopic (exact) mass is 380 g/mol. The molecule has 0 aromatic heterocycles. The lowest BCUT2D eigenvalue weighted by Crippen LogP contribution is -2.48. The fourth-order valence-corrected chi connectivity index (χ4v) is 9.22. The first-order chi connectivity index (χ1) is 10.8. The van der Waals surface area contributed by atoms with Crippen LogP contribution in [0.1, 0.15) is 88.6 Å². The molecule has 2 heteroatoms. The molecule has 0 N–H and O–H groups in total. The Morgan fingerprint density at radius 1 is 0.640 bits per heavy atom. The molecule has 0 aliphatic carbocycles. The van der Waals surface area contributed by atoms with Crippen molar-refractivity contribution in [2.24, 2.45) is 10.8 Å². The van der Waals surface area contributed by atoms with Crippen LogP contribution in [0.4, 0.5) is 0 Å². The van der Waals surface area contributed by atoms with E-state index < -0.39 is 0 Å². The summed E-state index contributed by atoms with van der Waals surface area (Å²) in [6.45, 7) is 28.8. The van der Waals surface area contributed by atoms with Crippen molar-refractivity contribution >= 4 is 22.5 Å². The maximum Gasteiger partial charge on any atom is 0.0200 e. The van der Waals surface area contributed by atoms with Crippen molar-refractivity contribution in [2.75, 3.05) is 0 Å². The lowest BCUT2D eigenvalue weighted by molar-refractivity contribution is 0.141. The van der Waals surface area contributed by atoms with E-state index in [-0.39, 0.29) is 34.2 Å². The fraction of sp³-hybridized carbons (Fsp3) is 0.739. The molecule has 25 heavy (non-hydrogen) atoms. The van der Waals surface area contributed by atoms with E-state index in [1.54, 1.807) is 5.30 Å². The molecule has 1 unspecified atom stereocenters. The molecular weight excluding hydrogens is 338 g/mol. The van der Waals surface area contributed by atoms with E-state index in [1.807, 2.05) is 0 Å². The predicted molar refractivity (Wildman–Crippen MR) is 123 cm³/mol. The molecule has 144 valence electrons. The summed E-state index contributed by atoms with van der Waals surface area (Å²) in [4.78, 5) is 0. The van der Waals surface area contributed by atoms with Gasteiger partial charge in [0.05, 0.1) is 0 Å². The second-order valence-corrected chi connectivity index (χ2v) is 16.2. The molecule has 0 bridgehead atoms. The molecule has 0 radical (unpaired) electrons. The van der Waals surface area contributed by atoms with Crippen LogP contribution in [0.15, 0.2) is 24.3 Å². The van der Waals surface area contributed by atoms with Crippen LogP contribution in [0, 0.1) is 10.8 Å². The van der Waals surface area contributed by atoms with Gasteiger partial charge in [-0.15, -0.1) is 9.24 Å². The maximum atomic E-state index is 3.29. The van der Waals surface area contributed by atoms with Crippen LogP contribution in [-0.2, 0) is 5.16 Å². The summed E-state index contributed by atoms with van der Waals surface area (Å²) in [6.07, 6.45) is 0. The van der Waals surface area contributed by atoms with E-state index in [9.17, 15) is 0 Å². The molecule has 0 saturated carbocycles. The van der Waals surface area contributed by atoms with Gasteiger partial charge in [0.2, 0.25) is 0 Å². The average molecular weight is 381 g/mol. The second-order valence-electron chi connectivity index (χ2n) is 11.5. The highest BCUT2D eigenvalue weighted by molar-refractivity contribution is 7.68. The average Bonchev–Trinajstić information content (AvgIpc) is 2.32. The number of hydrogen-bond donors (Lipinski definition) is 0. The van der Waals surface area contributed by atoms with Gasteiger partial charge in [-0.3, -0.25) is 0 Å². The van der Waals surface area contributed by atoms with E-state index in [0.717, 1.165) is 0 Å². The summed E-state index contributed by atoms with van der Waals surface area (Å²) < 4.78 is 0. The Morgan fingerprint density at radius 2 is 1.00 bits per heavy atom. The van der Waals surface area contributed by atoms with Crippen LogP contribution in [0.25, 0.3) is 0 Å². The normalized spacial score (nSPS) is 15.0. The molecule has 0 aliphatic rings. The number of benzene rings is 1. The minimum absolute atomic E-state index is 0.00762. The quantitative estimate of drug-likeness (QED) is 0.465. The third-order valence-electron chi connectivity index (χ3n) is 5.28. The number of rotatable bonds is 2. The second kappa shape index (κ2) is 6.91. The smallest absolute Gasteiger partial charge is 0.0200 e. The summed E-state index contributed by atoms with van der Waals surface area (Å²) in [5.41, 5.74) is 1.81. The topological polar surface area (TPSA) is 0 Å². The van der Waals surface area contributed by atoms with Crippen LogP contribution in [0.5, 0.6) is 0 Å². The number of hydrogen-bond acceptors (Lipinski definition) is 0. The van der Waals surface area contributed by atoms with Gasteiger partial charge in [0, 0.05) is 5.16 Å². The molecule has 1 aromatic rings. The van der Waals surface area contributed by atoms with E-state index in [4.69, 9.17) is 0 Å². The molecule has 0 nitrogen and oxygen atoms in total. The zero-order valence-electron chi connectivity index (χ0n) is 18.8. The minimum Gasteiger partial charge on any atom is -0.125 e. The standard InChI is InChI=1S/C23H42P2/c1-19(2,3)23(24,20(4,5)6)17-15-13-14-16-18(17)25(21(7,8)9)22(10,11)12/h13-16H,24H2,1-12H3. The summed E-state index contributed by atoms with van der Waals surface area (Å²) in [6, 6.07) is 9.27. The van der Waals surface area contributed by atoms with Gasteiger partial charge in [-0.05, 0) is 32.0 Å². The van der Waals surface area contributed by atoms with Crippen molar-refractivity contribution in [3.63, 3.8) is 0 Å². The van der Waals surface area contributed by atoms with Crippen molar-refractivity contribution in [1.29, 1.82) is 0 Å². The molecule has 1 rings (SSSR count). The molecule has 1 aromatic carbocycles. The highest BCUT2D eigenvalue weighted by Crippen LogP contribution is 2.63. The SMILES string of the molecule is CC(C)(C)P(c1ccccc1C(P)(C(C)(C)C)C(C)(C)C)C(C)(C)C. The first-order valence-corrected chi connectivity index (χ1v) is 11.5. The largest absolute Gasteiger partial charge is 0.125 e. The first-order valence-electron chi connectivity index (χ1n) is 9.54. The Labute approximate surface area is 161 Å². The highest BCUT2D eigenvalue weighted by Gasteiger charge is 2.50. The summed E-state index contributed by atoms with van der Waals surface area (Å²) in [5, 5.41) is 2.13. The maximum absolute atomic E-state index is 3.29. The third kappa shape index (κ3) is 4.50. The van der Waals surface area contributed by atoms with Crippen molar-refractivity contribution in [3.8, 4) is 0 Å². The fourth-order valence-electron chi connectivity index (χ4n) is 4.66. The Bertz CT molecular complexity index is 558. The van der Waals surface area contributed by atoms with Crippen molar-refractivity contribution in [3.05, 3.63) is 29.8 Å². The molecule has 0 aliphatic heterocycles. The van der Waals surface area contributed by atoms with E-state index >= 15 is 0 Å². The lowest BCUT2D eigenvalue weighted by Gasteiger charge is -2.54. The molecule has 0 saturated heterocycles. The van der Waals surface area contributed by atoms with Crippen molar-refractivity contribution < 1.29 is 0 Å². The molecule has 0 amide bonds. The van der Waals surface area contributed by atoms with E-state index in [0.29, 0.717) is 0 Å². The van der Waals surface area contributed by atoms with E-state index in [1.165, 1.54) is 5.56 Å². The summed E-state index contributed by atoms with van der Waals surface area (Å²) >= 11 is 0. The molecule has 1 atom stereocenters. The van der Waals surface area contributed by atoms with Crippen LogP contribution in [0.2, 0.25) is 0 Å². The third-order valence-corrected chi connectivity index (χ3v) is 10.9. The Kier molecular flexibility index (Phi) is 6.39. The Balaban J connectivity index is 3.87. The molecule has 0 spiro atoms. The minimum atomic E-state index is -0.331. The van der Waals surface area contributed by atoms with Gasteiger partial charge < -0.3 is 0 Å².